The number of rotatable bonds is 2. The zero-order valence-corrected chi connectivity index (χ0v) is 12.4. The summed E-state index contributed by atoms with van der Waals surface area (Å²) in [7, 11) is -0.681. The van der Waals surface area contributed by atoms with Crippen molar-refractivity contribution in [2.75, 3.05) is 0 Å². The van der Waals surface area contributed by atoms with Crippen molar-refractivity contribution in [1.82, 2.24) is 9.38 Å². The topological polar surface area (TPSA) is 78.9 Å². The SMILES string of the molecule is CC1(C)OB(c2cc([N+](=O)[O-])cn3ccnc23)OC1(C)C. The zero-order valence-electron chi connectivity index (χ0n) is 12.4. The average Bonchev–Trinajstić information content (AvgIpc) is 2.90. The minimum atomic E-state index is -0.681. The van der Waals surface area contributed by atoms with Gasteiger partial charge in [-0.05, 0) is 27.7 Å². The van der Waals surface area contributed by atoms with Crippen LogP contribution in [0.5, 0.6) is 0 Å². The van der Waals surface area contributed by atoms with Gasteiger partial charge < -0.3 is 13.7 Å². The number of hydrogen-bond acceptors (Lipinski definition) is 5. The van der Waals surface area contributed by atoms with Gasteiger partial charge in [-0.3, -0.25) is 10.1 Å². The predicted molar refractivity (Wildman–Crippen MR) is 77.6 cm³/mol. The standard InChI is InChI=1S/C13H16BN3O4/c1-12(2)13(3,4)21-14(20-12)10-7-9(17(18)19)8-16-6-5-15-11(10)16/h5-8H,1-4H3. The van der Waals surface area contributed by atoms with E-state index in [1.54, 1.807) is 16.8 Å². The van der Waals surface area contributed by atoms with Gasteiger partial charge in [0.1, 0.15) is 5.65 Å². The van der Waals surface area contributed by atoms with Gasteiger partial charge in [-0.25, -0.2) is 4.98 Å². The van der Waals surface area contributed by atoms with Crippen LogP contribution in [-0.4, -0.2) is 32.6 Å². The molecule has 21 heavy (non-hydrogen) atoms. The van der Waals surface area contributed by atoms with Crippen molar-refractivity contribution in [2.45, 2.75) is 38.9 Å². The van der Waals surface area contributed by atoms with Crippen molar-refractivity contribution in [3.63, 3.8) is 0 Å². The molecule has 3 rings (SSSR count). The van der Waals surface area contributed by atoms with Crippen LogP contribution in [0.4, 0.5) is 5.69 Å². The number of pyridine rings is 1. The van der Waals surface area contributed by atoms with Crippen LogP contribution in [0.2, 0.25) is 0 Å². The first-order valence-electron chi connectivity index (χ1n) is 6.68. The summed E-state index contributed by atoms with van der Waals surface area (Å²) in [5, 5.41) is 11.1. The van der Waals surface area contributed by atoms with Crippen LogP contribution in [0, 0.1) is 10.1 Å². The molecular weight excluding hydrogens is 273 g/mol. The van der Waals surface area contributed by atoms with E-state index in [2.05, 4.69) is 4.98 Å². The van der Waals surface area contributed by atoms with Crippen molar-refractivity contribution in [2.24, 2.45) is 0 Å². The van der Waals surface area contributed by atoms with Crippen LogP contribution in [0.3, 0.4) is 0 Å². The van der Waals surface area contributed by atoms with Gasteiger partial charge in [-0.15, -0.1) is 0 Å². The smallest absolute Gasteiger partial charge is 0.399 e. The van der Waals surface area contributed by atoms with E-state index in [1.807, 2.05) is 27.7 Å². The molecule has 0 spiro atoms. The highest BCUT2D eigenvalue weighted by Gasteiger charge is 2.52. The Hall–Kier alpha value is -1.93. The molecule has 1 saturated heterocycles. The molecule has 1 fully saturated rings. The molecule has 0 aromatic carbocycles. The van der Waals surface area contributed by atoms with Gasteiger partial charge >= 0.3 is 7.12 Å². The first kappa shape index (κ1) is 14.0. The third-order valence-electron chi connectivity index (χ3n) is 4.22. The molecule has 0 amide bonds. The summed E-state index contributed by atoms with van der Waals surface area (Å²) in [5.74, 6) is 0. The Morgan fingerprint density at radius 1 is 1.29 bits per heavy atom. The maximum absolute atomic E-state index is 11.1. The maximum atomic E-state index is 11.1. The molecule has 1 aliphatic rings. The summed E-state index contributed by atoms with van der Waals surface area (Å²) in [6.45, 7) is 7.75. The maximum Gasteiger partial charge on any atom is 0.498 e. The van der Waals surface area contributed by atoms with Crippen molar-refractivity contribution in [3.8, 4) is 0 Å². The molecule has 110 valence electrons. The Bertz CT molecular complexity index is 709. The molecule has 2 aromatic rings. The van der Waals surface area contributed by atoms with Crippen LogP contribution in [0.1, 0.15) is 27.7 Å². The summed E-state index contributed by atoms with van der Waals surface area (Å²) in [5.41, 5.74) is 0.120. The van der Waals surface area contributed by atoms with Gasteiger partial charge in [0.15, 0.2) is 0 Å². The highest BCUT2D eigenvalue weighted by atomic mass is 16.7. The van der Waals surface area contributed by atoms with Gasteiger partial charge in [0.2, 0.25) is 0 Å². The number of nitro groups is 1. The molecule has 0 saturated carbocycles. The highest BCUT2D eigenvalue weighted by Crippen LogP contribution is 2.36. The van der Waals surface area contributed by atoms with Gasteiger partial charge in [0.25, 0.3) is 5.69 Å². The second-order valence-electron chi connectivity index (χ2n) is 6.16. The largest absolute Gasteiger partial charge is 0.498 e. The lowest BCUT2D eigenvalue weighted by molar-refractivity contribution is -0.385. The normalized spacial score (nSPS) is 20.1. The summed E-state index contributed by atoms with van der Waals surface area (Å²) >= 11 is 0. The first-order chi connectivity index (χ1) is 9.71. The monoisotopic (exact) mass is 289 g/mol. The molecule has 0 N–H and O–H groups in total. The summed E-state index contributed by atoms with van der Waals surface area (Å²) in [6.07, 6.45) is 4.68. The number of imidazole rings is 1. The second-order valence-corrected chi connectivity index (χ2v) is 6.16. The fourth-order valence-corrected chi connectivity index (χ4v) is 2.29. The molecule has 0 unspecified atom stereocenters. The molecule has 0 atom stereocenters. The van der Waals surface area contributed by atoms with Crippen LogP contribution >= 0.6 is 0 Å². The van der Waals surface area contributed by atoms with Gasteiger partial charge in [-0.1, -0.05) is 0 Å². The van der Waals surface area contributed by atoms with E-state index in [0.29, 0.717) is 11.1 Å². The highest BCUT2D eigenvalue weighted by molar-refractivity contribution is 6.64. The first-order valence-corrected chi connectivity index (χ1v) is 6.68. The third kappa shape index (κ3) is 2.11. The van der Waals surface area contributed by atoms with Crippen LogP contribution in [0.25, 0.3) is 5.65 Å². The van der Waals surface area contributed by atoms with E-state index < -0.39 is 23.2 Å². The van der Waals surface area contributed by atoms with Gasteiger partial charge in [0, 0.05) is 23.9 Å². The predicted octanol–water partition coefficient (Wildman–Crippen LogP) is 1.54. The van der Waals surface area contributed by atoms with E-state index in [0.717, 1.165) is 0 Å². The van der Waals surface area contributed by atoms with Crippen molar-refractivity contribution in [3.05, 3.63) is 34.8 Å². The molecule has 7 nitrogen and oxygen atoms in total. The Balaban J connectivity index is 2.13. The molecule has 8 heteroatoms. The van der Waals surface area contributed by atoms with E-state index in [4.69, 9.17) is 9.31 Å². The van der Waals surface area contributed by atoms with E-state index in [-0.39, 0.29) is 5.69 Å². The van der Waals surface area contributed by atoms with Crippen molar-refractivity contribution >= 4 is 23.9 Å². The summed E-state index contributed by atoms with van der Waals surface area (Å²) < 4.78 is 13.5. The molecule has 0 bridgehead atoms. The van der Waals surface area contributed by atoms with E-state index >= 15 is 0 Å². The Labute approximate surface area is 122 Å². The van der Waals surface area contributed by atoms with Crippen molar-refractivity contribution < 1.29 is 14.2 Å². The molecule has 3 heterocycles. The zero-order chi connectivity index (χ0) is 15.4. The fourth-order valence-electron chi connectivity index (χ4n) is 2.29. The molecule has 0 radical (unpaired) electrons. The molecule has 1 aliphatic heterocycles. The number of fused-ring (bicyclic) bond motifs is 1. The van der Waals surface area contributed by atoms with Crippen LogP contribution < -0.4 is 5.46 Å². The average molecular weight is 289 g/mol. The Kier molecular flexibility index (Phi) is 2.86. The fraction of sp³-hybridized carbons (Fsp3) is 0.462. The van der Waals surface area contributed by atoms with Gasteiger partial charge in [0.05, 0.1) is 22.3 Å². The molecule has 0 aliphatic carbocycles. The Morgan fingerprint density at radius 3 is 2.48 bits per heavy atom. The lowest BCUT2D eigenvalue weighted by atomic mass is 9.79. The van der Waals surface area contributed by atoms with Gasteiger partial charge in [-0.2, -0.15) is 0 Å². The van der Waals surface area contributed by atoms with Crippen LogP contribution in [0.15, 0.2) is 24.7 Å². The minimum absolute atomic E-state index is 0.0230. The number of aromatic nitrogens is 2. The Morgan fingerprint density at radius 2 is 1.90 bits per heavy atom. The minimum Gasteiger partial charge on any atom is -0.399 e. The quantitative estimate of drug-likeness (QED) is 0.476. The van der Waals surface area contributed by atoms with Crippen LogP contribution in [-0.2, 0) is 9.31 Å². The molecule has 2 aromatic heterocycles. The lowest BCUT2D eigenvalue weighted by Gasteiger charge is -2.32. The third-order valence-corrected chi connectivity index (χ3v) is 4.22. The van der Waals surface area contributed by atoms with Crippen molar-refractivity contribution in [1.29, 1.82) is 0 Å². The van der Waals surface area contributed by atoms with E-state index in [9.17, 15) is 10.1 Å². The second kappa shape index (κ2) is 4.28. The molecular formula is C13H16BN3O4. The number of hydrogen-bond donors (Lipinski definition) is 0. The summed E-state index contributed by atoms with van der Waals surface area (Å²) in [6, 6.07) is 1.46. The number of nitrogens with zero attached hydrogens (tertiary/aromatic N) is 3. The van der Waals surface area contributed by atoms with E-state index in [1.165, 1.54) is 12.3 Å². The lowest BCUT2D eigenvalue weighted by Crippen LogP contribution is -2.41. The summed E-state index contributed by atoms with van der Waals surface area (Å²) in [4.78, 5) is 14.9.